The number of aromatic nitrogens is 4. The van der Waals surface area contributed by atoms with E-state index in [0.717, 1.165) is 41.9 Å². The first-order chi connectivity index (χ1) is 13.4. The molecule has 6 heteroatoms. The second kappa shape index (κ2) is 7.13. The SMILES string of the molecule is c1cc(CN2CCC(c3ccnc(-c4ccncc4)c3)C2)c2nsnc2c1. The summed E-state index contributed by atoms with van der Waals surface area (Å²) in [5, 5.41) is 0. The van der Waals surface area contributed by atoms with Gasteiger partial charge in [0.25, 0.3) is 0 Å². The van der Waals surface area contributed by atoms with Crippen LogP contribution in [-0.4, -0.2) is 36.7 Å². The van der Waals surface area contributed by atoms with Gasteiger partial charge >= 0.3 is 0 Å². The number of nitrogens with zero attached hydrogens (tertiary/aromatic N) is 5. The predicted octanol–water partition coefficient (Wildman–Crippen LogP) is 4.14. The Hall–Kier alpha value is -2.70. The lowest BCUT2D eigenvalue weighted by molar-refractivity contribution is 0.328. The van der Waals surface area contributed by atoms with Crippen molar-refractivity contribution in [1.29, 1.82) is 0 Å². The zero-order valence-electron chi connectivity index (χ0n) is 14.8. The maximum atomic E-state index is 4.54. The van der Waals surface area contributed by atoms with Gasteiger partial charge in [0.1, 0.15) is 11.0 Å². The summed E-state index contributed by atoms with van der Waals surface area (Å²) >= 11 is 1.29. The van der Waals surface area contributed by atoms with Crippen LogP contribution in [-0.2, 0) is 6.54 Å². The van der Waals surface area contributed by atoms with E-state index in [9.17, 15) is 0 Å². The minimum Gasteiger partial charge on any atom is -0.298 e. The van der Waals surface area contributed by atoms with E-state index >= 15 is 0 Å². The first-order valence-corrected chi connectivity index (χ1v) is 9.89. The molecule has 1 aliphatic heterocycles. The Bertz CT molecular complexity index is 1060. The van der Waals surface area contributed by atoms with Gasteiger partial charge in [0, 0.05) is 37.2 Å². The van der Waals surface area contributed by atoms with E-state index in [2.05, 4.69) is 47.9 Å². The molecular weight excluding hydrogens is 354 g/mol. The lowest BCUT2D eigenvalue weighted by Gasteiger charge is -2.16. The number of fused-ring (bicyclic) bond motifs is 1. The van der Waals surface area contributed by atoms with Crippen LogP contribution in [0.2, 0.25) is 0 Å². The van der Waals surface area contributed by atoms with Gasteiger partial charge in [0.2, 0.25) is 0 Å². The molecule has 27 heavy (non-hydrogen) atoms. The second-order valence-electron chi connectivity index (χ2n) is 6.98. The Morgan fingerprint density at radius 3 is 2.89 bits per heavy atom. The number of hydrogen-bond donors (Lipinski definition) is 0. The summed E-state index contributed by atoms with van der Waals surface area (Å²) in [5.74, 6) is 0.543. The maximum Gasteiger partial charge on any atom is 0.109 e. The van der Waals surface area contributed by atoms with Gasteiger partial charge in [-0.1, -0.05) is 12.1 Å². The van der Waals surface area contributed by atoms with Crippen LogP contribution in [0.5, 0.6) is 0 Å². The normalized spacial score (nSPS) is 17.6. The van der Waals surface area contributed by atoms with E-state index in [1.807, 2.05) is 36.8 Å². The Morgan fingerprint density at radius 1 is 1.04 bits per heavy atom. The zero-order valence-corrected chi connectivity index (χ0v) is 15.6. The van der Waals surface area contributed by atoms with Crippen LogP contribution in [0, 0.1) is 0 Å². The summed E-state index contributed by atoms with van der Waals surface area (Å²) in [5.41, 5.74) is 6.83. The van der Waals surface area contributed by atoms with Crippen molar-refractivity contribution in [3.8, 4) is 11.3 Å². The van der Waals surface area contributed by atoms with Crippen molar-refractivity contribution < 1.29 is 0 Å². The Balaban J connectivity index is 1.33. The van der Waals surface area contributed by atoms with Gasteiger partial charge in [-0.05, 0) is 60.3 Å². The van der Waals surface area contributed by atoms with E-state index in [1.165, 1.54) is 29.3 Å². The van der Waals surface area contributed by atoms with Gasteiger partial charge in [-0.3, -0.25) is 14.9 Å². The molecule has 0 radical (unpaired) electrons. The van der Waals surface area contributed by atoms with E-state index in [0.29, 0.717) is 5.92 Å². The Kier molecular flexibility index (Phi) is 4.35. The molecular formula is C21H19N5S. The molecule has 1 saturated heterocycles. The van der Waals surface area contributed by atoms with Crippen molar-refractivity contribution in [2.75, 3.05) is 13.1 Å². The minimum atomic E-state index is 0.543. The molecule has 3 aromatic heterocycles. The molecule has 0 bridgehead atoms. The van der Waals surface area contributed by atoms with Crippen molar-refractivity contribution in [2.24, 2.45) is 0 Å². The van der Waals surface area contributed by atoms with E-state index in [4.69, 9.17) is 0 Å². The van der Waals surface area contributed by atoms with Crippen molar-refractivity contribution >= 4 is 22.8 Å². The lowest BCUT2D eigenvalue weighted by Crippen LogP contribution is -2.20. The molecule has 134 valence electrons. The van der Waals surface area contributed by atoms with Gasteiger partial charge in [0.05, 0.1) is 17.4 Å². The third kappa shape index (κ3) is 3.34. The minimum absolute atomic E-state index is 0.543. The molecule has 1 atom stereocenters. The third-order valence-corrected chi connectivity index (χ3v) is 5.81. The molecule has 1 fully saturated rings. The van der Waals surface area contributed by atoms with E-state index < -0.39 is 0 Å². The smallest absolute Gasteiger partial charge is 0.109 e. The summed E-state index contributed by atoms with van der Waals surface area (Å²) in [6, 6.07) is 14.7. The molecule has 5 nitrogen and oxygen atoms in total. The molecule has 0 aliphatic carbocycles. The van der Waals surface area contributed by atoms with Gasteiger partial charge in [-0.15, -0.1) is 0 Å². The van der Waals surface area contributed by atoms with E-state index in [-0.39, 0.29) is 0 Å². The Morgan fingerprint density at radius 2 is 1.96 bits per heavy atom. The highest BCUT2D eigenvalue weighted by Gasteiger charge is 2.25. The monoisotopic (exact) mass is 373 g/mol. The lowest BCUT2D eigenvalue weighted by atomic mass is 9.97. The first kappa shape index (κ1) is 16.5. The van der Waals surface area contributed by atoms with Crippen molar-refractivity contribution in [3.63, 3.8) is 0 Å². The average molecular weight is 373 g/mol. The van der Waals surface area contributed by atoms with Gasteiger partial charge < -0.3 is 0 Å². The molecule has 4 aromatic rings. The molecule has 0 amide bonds. The fourth-order valence-electron chi connectivity index (χ4n) is 3.86. The molecule has 0 N–H and O–H groups in total. The number of rotatable bonds is 4. The molecule has 1 unspecified atom stereocenters. The van der Waals surface area contributed by atoms with Gasteiger partial charge in [-0.25, -0.2) is 0 Å². The van der Waals surface area contributed by atoms with E-state index in [1.54, 1.807) is 0 Å². The summed E-state index contributed by atoms with van der Waals surface area (Å²) in [4.78, 5) is 11.2. The third-order valence-electron chi connectivity index (χ3n) is 5.27. The summed E-state index contributed by atoms with van der Waals surface area (Å²) in [7, 11) is 0. The first-order valence-electron chi connectivity index (χ1n) is 9.16. The van der Waals surface area contributed by atoms with Crippen LogP contribution in [0.4, 0.5) is 0 Å². The van der Waals surface area contributed by atoms with Crippen LogP contribution in [0.1, 0.15) is 23.5 Å². The molecule has 0 spiro atoms. The summed E-state index contributed by atoms with van der Waals surface area (Å²) in [6.45, 7) is 3.10. The molecule has 5 rings (SSSR count). The van der Waals surface area contributed by atoms with Crippen LogP contribution < -0.4 is 0 Å². The highest BCUT2D eigenvalue weighted by atomic mass is 32.1. The van der Waals surface area contributed by atoms with Crippen molar-refractivity contribution in [3.05, 3.63) is 72.2 Å². The molecule has 1 aromatic carbocycles. The van der Waals surface area contributed by atoms with Crippen LogP contribution in [0.15, 0.2) is 61.1 Å². The van der Waals surface area contributed by atoms with Crippen LogP contribution in [0.25, 0.3) is 22.3 Å². The largest absolute Gasteiger partial charge is 0.298 e. The van der Waals surface area contributed by atoms with Crippen molar-refractivity contribution in [2.45, 2.75) is 18.9 Å². The Labute approximate surface area is 162 Å². The van der Waals surface area contributed by atoms with Crippen LogP contribution in [0.3, 0.4) is 0 Å². The summed E-state index contributed by atoms with van der Waals surface area (Å²) in [6.07, 6.45) is 6.73. The molecule has 1 aliphatic rings. The summed E-state index contributed by atoms with van der Waals surface area (Å²) < 4.78 is 8.83. The van der Waals surface area contributed by atoms with Gasteiger partial charge in [0.15, 0.2) is 0 Å². The molecule has 0 saturated carbocycles. The quantitative estimate of drug-likeness (QED) is 0.538. The number of pyridine rings is 2. The number of likely N-dealkylation sites (tertiary alicyclic amines) is 1. The van der Waals surface area contributed by atoms with Crippen LogP contribution >= 0.6 is 11.7 Å². The average Bonchev–Trinajstić information content (AvgIpc) is 3.39. The fourth-order valence-corrected chi connectivity index (χ4v) is 4.43. The second-order valence-corrected chi connectivity index (χ2v) is 7.51. The number of benzene rings is 1. The standard InChI is InChI=1S/C21H19N5S/c1-2-18(21-19(3-1)24-27-25-21)14-26-11-7-17(13-26)16-6-10-23-20(12-16)15-4-8-22-9-5-15/h1-6,8-10,12,17H,7,11,13-14H2. The fraction of sp³-hybridized carbons (Fsp3) is 0.238. The number of hydrogen-bond acceptors (Lipinski definition) is 6. The zero-order chi connectivity index (χ0) is 18.1. The highest BCUT2D eigenvalue weighted by molar-refractivity contribution is 7.00. The van der Waals surface area contributed by atoms with Gasteiger partial charge in [-0.2, -0.15) is 8.75 Å². The molecule has 4 heterocycles. The maximum absolute atomic E-state index is 4.54. The topological polar surface area (TPSA) is 54.8 Å². The van der Waals surface area contributed by atoms with Crippen molar-refractivity contribution in [1.82, 2.24) is 23.6 Å². The highest BCUT2D eigenvalue weighted by Crippen LogP contribution is 2.30. The predicted molar refractivity (Wildman–Crippen MR) is 108 cm³/mol.